The lowest BCUT2D eigenvalue weighted by molar-refractivity contribution is -0.120. The van der Waals surface area contributed by atoms with Crippen molar-refractivity contribution in [2.75, 3.05) is 0 Å². The molecule has 0 unspecified atom stereocenters. The molecule has 6 nitrogen and oxygen atoms in total. The third-order valence-electron chi connectivity index (χ3n) is 5.00. The summed E-state index contributed by atoms with van der Waals surface area (Å²) in [5.41, 5.74) is 4.44. The number of hydrogen-bond acceptors (Lipinski definition) is 5. The van der Waals surface area contributed by atoms with Gasteiger partial charge in [0.25, 0.3) is 0 Å². The second-order valence-corrected chi connectivity index (χ2v) is 8.47. The smallest absolute Gasteiger partial charge is 0.226 e. The van der Waals surface area contributed by atoms with Crippen LogP contribution in [0.15, 0.2) is 78.6 Å². The minimum atomic E-state index is -0.0920. The number of imidazole rings is 1. The highest BCUT2D eigenvalue weighted by atomic mass is 35.5. The fourth-order valence-electron chi connectivity index (χ4n) is 3.38. The lowest BCUT2D eigenvalue weighted by Crippen LogP contribution is -2.24. The zero-order chi connectivity index (χ0) is 21.9. The summed E-state index contributed by atoms with van der Waals surface area (Å²) in [6.07, 6.45) is 3.75. The number of para-hydroxylation sites is 2. The zero-order valence-electron chi connectivity index (χ0n) is 16.9. The Morgan fingerprint density at radius 3 is 2.72 bits per heavy atom. The minimum Gasteiger partial charge on any atom is -0.352 e. The van der Waals surface area contributed by atoms with Gasteiger partial charge in [-0.3, -0.25) is 9.36 Å². The molecule has 0 saturated carbocycles. The summed E-state index contributed by atoms with van der Waals surface area (Å²) in [4.78, 5) is 25.9. The molecule has 0 spiro atoms. The van der Waals surface area contributed by atoms with Gasteiger partial charge in [-0.05, 0) is 29.8 Å². The van der Waals surface area contributed by atoms with Crippen molar-refractivity contribution in [2.45, 2.75) is 13.0 Å². The Kier molecular flexibility index (Phi) is 5.66. The molecule has 3 aromatic heterocycles. The quantitative estimate of drug-likeness (QED) is 0.385. The maximum Gasteiger partial charge on any atom is 0.226 e. The van der Waals surface area contributed by atoms with Crippen LogP contribution in [0.3, 0.4) is 0 Å². The van der Waals surface area contributed by atoms with Gasteiger partial charge in [0.1, 0.15) is 17.2 Å². The standard InChI is InChI=1S/C24H18ClN5OS/c25-19-6-2-1-5-18(19)24-29-17(14-32-24)11-23(31)27-13-16-9-10-22(26-12-16)30-15-28-20-7-3-4-8-21(20)30/h1-10,12,14-15H,11,13H2,(H,27,31). The predicted octanol–water partition coefficient (Wildman–Crippen LogP) is 5.06. The van der Waals surface area contributed by atoms with E-state index in [0.29, 0.717) is 11.6 Å². The summed E-state index contributed by atoms with van der Waals surface area (Å²) >= 11 is 7.72. The Balaban J connectivity index is 1.20. The molecule has 1 N–H and O–H groups in total. The molecular formula is C24H18ClN5OS. The molecule has 0 fully saturated rings. The van der Waals surface area contributed by atoms with Gasteiger partial charge in [0.15, 0.2) is 0 Å². The molecule has 0 aliphatic rings. The molecule has 0 aliphatic heterocycles. The van der Waals surface area contributed by atoms with Crippen molar-refractivity contribution in [2.24, 2.45) is 0 Å². The van der Waals surface area contributed by atoms with Crippen LogP contribution in [0.25, 0.3) is 27.4 Å². The third-order valence-corrected chi connectivity index (χ3v) is 6.25. The molecule has 0 saturated heterocycles. The Hall–Kier alpha value is -3.55. The number of amides is 1. The molecule has 5 rings (SSSR count). The molecule has 0 atom stereocenters. The first kappa shape index (κ1) is 20.4. The highest BCUT2D eigenvalue weighted by Crippen LogP contribution is 2.30. The molecule has 0 radical (unpaired) electrons. The van der Waals surface area contributed by atoms with Crippen LogP contribution < -0.4 is 5.32 Å². The zero-order valence-corrected chi connectivity index (χ0v) is 18.5. The highest BCUT2D eigenvalue weighted by Gasteiger charge is 2.11. The van der Waals surface area contributed by atoms with Gasteiger partial charge in [-0.1, -0.05) is 48.0 Å². The van der Waals surface area contributed by atoms with E-state index in [0.717, 1.165) is 38.7 Å². The van der Waals surface area contributed by atoms with Crippen LogP contribution >= 0.6 is 22.9 Å². The van der Waals surface area contributed by atoms with E-state index in [-0.39, 0.29) is 12.3 Å². The van der Waals surface area contributed by atoms with Crippen LogP contribution in [0.5, 0.6) is 0 Å². The van der Waals surface area contributed by atoms with Crippen molar-refractivity contribution < 1.29 is 4.79 Å². The first-order valence-corrected chi connectivity index (χ1v) is 11.3. The van der Waals surface area contributed by atoms with Gasteiger partial charge >= 0.3 is 0 Å². The van der Waals surface area contributed by atoms with Crippen LogP contribution in [0.1, 0.15) is 11.3 Å². The van der Waals surface area contributed by atoms with Gasteiger partial charge in [0, 0.05) is 23.7 Å². The summed E-state index contributed by atoms with van der Waals surface area (Å²) in [6, 6.07) is 19.3. The number of benzene rings is 2. The molecule has 5 aromatic rings. The van der Waals surface area contributed by atoms with E-state index >= 15 is 0 Å². The van der Waals surface area contributed by atoms with E-state index in [4.69, 9.17) is 11.6 Å². The maximum absolute atomic E-state index is 12.4. The van der Waals surface area contributed by atoms with E-state index in [1.54, 1.807) is 12.5 Å². The van der Waals surface area contributed by atoms with E-state index in [9.17, 15) is 4.79 Å². The van der Waals surface area contributed by atoms with Crippen molar-refractivity contribution >= 4 is 39.9 Å². The SMILES string of the molecule is O=C(Cc1csc(-c2ccccc2Cl)n1)NCc1ccc(-n2cnc3ccccc32)nc1. The molecular weight excluding hydrogens is 442 g/mol. The molecule has 2 aromatic carbocycles. The van der Waals surface area contributed by atoms with Crippen LogP contribution in [-0.4, -0.2) is 25.4 Å². The molecule has 3 heterocycles. The first-order valence-electron chi connectivity index (χ1n) is 10.0. The number of pyridine rings is 1. The Morgan fingerprint density at radius 1 is 1.03 bits per heavy atom. The lowest BCUT2D eigenvalue weighted by atomic mass is 10.2. The summed E-state index contributed by atoms with van der Waals surface area (Å²) in [6.45, 7) is 0.401. The Morgan fingerprint density at radius 2 is 1.88 bits per heavy atom. The topological polar surface area (TPSA) is 72.7 Å². The number of aromatic nitrogens is 4. The van der Waals surface area contributed by atoms with E-state index in [2.05, 4.69) is 20.3 Å². The monoisotopic (exact) mass is 459 g/mol. The summed E-state index contributed by atoms with van der Waals surface area (Å²) in [5.74, 6) is 0.689. The fraction of sp³-hybridized carbons (Fsp3) is 0.0833. The minimum absolute atomic E-state index is 0.0920. The van der Waals surface area contributed by atoms with Gasteiger partial charge in [-0.15, -0.1) is 11.3 Å². The van der Waals surface area contributed by atoms with Crippen molar-refractivity contribution in [1.82, 2.24) is 24.8 Å². The number of carbonyl (C=O) groups is 1. The van der Waals surface area contributed by atoms with Crippen molar-refractivity contribution in [3.05, 3.63) is 94.8 Å². The van der Waals surface area contributed by atoms with E-state index in [1.165, 1.54) is 11.3 Å². The second-order valence-electron chi connectivity index (χ2n) is 7.21. The summed E-state index contributed by atoms with van der Waals surface area (Å²) in [7, 11) is 0. The van der Waals surface area contributed by atoms with Crippen molar-refractivity contribution in [3.8, 4) is 16.4 Å². The number of hydrogen-bond donors (Lipinski definition) is 1. The molecule has 32 heavy (non-hydrogen) atoms. The average molecular weight is 460 g/mol. The number of rotatable bonds is 6. The number of thiazole rings is 1. The van der Waals surface area contributed by atoms with E-state index < -0.39 is 0 Å². The number of carbonyl (C=O) groups excluding carboxylic acids is 1. The highest BCUT2D eigenvalue weighted by molar-refractivity contribution is 7.13. The number of nitrogens with zero attached hydrogens (tertiary/aromatic N) is 4. The lowest BCUT2D eigenvalue weighted by Gasteiger charge is -2.07. The Labute approximate surface area is 193 Å². The molecule has 0 bridgehead atoms. The average Bonchev–Trinajstić information content (AvgIpc) is 3.46. The van der Waals surface area contributed by atoms with Gasteiger partial charge in [-0.25, -0.2) is 15.0 Å². The molecule has 158 valence electrons. The normalized spacial score (nSPS) is 11.0. The summed E-state index contributed by atoms with van der Waals surface area (Å²) < 4.78 is 1.94. The molecule has 1 amide bonds. The predicted molar refractivity (Wildman–Crippen MR) is 127 cm³/mol. The largest absolute Gasteiger partial charge is 0.352 e. The molecule has 8 heteroatoms. The third kappa shape index (κ3) is 4.26. The Bertz CT molecular complexity index is 1390. The van der Waals surface area contributed by atoms with Crippen LogP contribution in [0.4, 0.5) is 0 Å². The van der Waals surface area contributed by atoms with E-state index in [1.807, 2.05) is 70.6 Å². The molecule has 0 aliphatic carbocycles. The van der Waals surface area contributed by atoms with Crippen LogP contribution in [0, 0.1) is 0 Å². The van der Waals surface area contributed by atoms with Gasteiger partial charge < -0.3 is 5.32 Å². The van der Waals surface area contributed by atoms with Crippen LogP contribution in [0.2, 0.25) is 5.02 Å². The van der Waals surface area contributed by atoms with Gasteiger partial charge in [0.2, 0.25) is 5.91 Å². The van der Waals surface area contributed by atoms with Crippen LogP contribution in [-0.2, 0) is 17.8 Å². The van der Waals surface area contributed by atoms with Crippen molar-refractivity contribution in [3.63, 3.8) is 0 Å². The van der Waals surface area contributed by atoms with Gasteiger partial charge in [0.05, 0.1) is 28.2 Å². The van der Waals surface area contributed by atoms with Gasteiger partial charge in [-0.2, -0.15) is 0 Å². The summed E-state index contributed by atoms with van der Waals surface area (Å²) in [5, 5.41) is 6.29. The first-order chi connectivity index (χ1) is 15.7. The maximum atomic E-state index is 12.4. The number of fused-ring (bicyclic) bond motifs is 1. The number of halogens is 1. The fourth-order valence-corrected chi connectivity index (χ4v) is 4.52. The van der Waals surface area contributed by atoms with Crippen molar-refractivity contribution in [1.29, 1.82) is 0 Å². The number of nitrogens with one attached hydrogen (secondary N) is 1. The second kappa shape index (κ2) is 8.90.